The van der Waals surface area contributed by atoms with Gasteiger partial charge in [-0.3, -0.25) is 4.90 Å². The largest absolute Gasteiger partial charge is 0.416 e. The van der Waals surface area contributed by atoms with Crippen LogP contribution in [0.4, 0.5) is 13.2 Å². The normalized spacial score (nSPS) is 11.5. The average Bonchev–Trinajstić information content (AvgIpc) is 2.47. The maximum Gasteiger partial charge on any atom is 0.416 e. The van der Waals surface area contributed by atoms with Gasteiger partial charge in [0, 0.05) is 13.1 Å². The first-order valence-electron chi connectivity index (χ1n) is 6.72. The minimum atomic E-state index is -4.30. The van der Waals surface area contributed by atoms with Crippen LogP contribution in [0, 0.1) is 11.3 Å². The van der Waals surface area contributed by atoms with Crippen LogP contribution in [0.25, 0.3) is 0 Å². The van der Waals surface area contributed by atoms with E-state index in [0.717, 1.165) is 23.3 Å². The Morgan fingerprint density at radius 1 is 0.909 bits per heavy atom. The summed E-state index contributed by atoms with van der Waals surface area (Å²) in [5.41, 5.74) is 1.85. The van der Waals surface area contributed by atoms with Gasteiger partial charge in [-0.25, -0.2) is 0 Å². The summed E-state index contributed by atoms with van der Waals surface area (Å²) in [6, 6.07) is 14.5. The molecule has 0 fully saturated rings. The van der Waals surface area contributed by atoms with Crippen LogP contribution in [0.5, 0.6) is 0 Å². The van der Waals surface area contributed by atoms with Gasteiger partial charge in [0.1, 0.15) is 0 Å². The number of benzene rings is 2. The van der Waals surface area contributed by atoms with Gasteiger partial charge in [-0.05, 0) is 42.4 Å². The highest BCUT2D eigenvalue weighted by Crippen LogP contribution is 2.29. The second-order valence-corrected chi connectivity index (χ2v) is 5.18. The van der Waals surface area contributed by atoms with Gasteiger partial charge >= 0.3 is 6.18 Å². The molecule has 0 unspecified atom stereocenters. The van der Waals surface area contributed by atoms with Gasteiger partial charge in [0.2, 0.25) is 0 Å². The average molecular weight is 304 g/mol. The van der Waals surface area contributed by atoms with Crippen LogP contribution in [0.15, 0.2) is 48.5 Å². The van der Waals surface area contributed by atoms with Crippen molar-refractivity contribution < 1.29 is 13.2 Å². The fourth-order valence-electron chi connectivity index (χ4n) is 2.16. The van der Waals surface area contributed by atoms with E-state index in [1.807, 2.05) is 24.1 Å². The van der Waals surface area contributed by atoms with E-state index in [4.69, 9.17) is 5.26 Å². The second-order valence-electron chi connectivity index (χ2n) is 5.18. The molecule has 114 valence electrons. The minimum Gasteiger partial charge on any atom is -0.298 e. The van der Waals surface area contributed by atoms with E-state index in [0.29, 0.717) is 18.7 Å². The van der Waals surface area contributed by atoms with Gasteiger partial charge in [0.15, 0.2) is 0 Å². The first-order valence-corrected chi connectivity index (χ1v) is 6.72. The molecule has 22 heavy (non-hydrogen) atoms. The van der Waals surface area contributed by atoms with Crippen molar-refractivity contribution in [1.29, 1.82) is 5.26 Å². The topological polar surface area (TPSA) is 27.0 Å². The van der Waals surface area contributed by atoms with E-state index >= 15 is 0 Å². The third-order valence-corrected chi connectivity index (χ3v) is 3.27. The number of hydrogen-bond donors (Lipinski definition) is 0. The van der Waals surface area contributed by atoms with Crippen LogP contribution >= 0.6 is 0 Å². The van der Waals surface area contributed by atoms with Crippen molar-refractivity contribution in [3.05, 3.63) is 70.8 Å². The Morgan fingerprint density at radius 3 is 1.77 bits per heavy atom. The minimum absolute atomic E-state index is 0.554. The molecule has 0 saturated carbocycles. The lowest BCUT2D eigenvalue weighted by atomic mass is 10.1. The number of rotatable bonds is 4. The summed E-state index contributed by atoms with van der Waals surface area (Å²) in [7, 11) is 1.90. The first-order chi connectivity index (χ1) is 10.4. The molecule has 2 aromatic rings. The number of nitriles is 1. The Balaban J connectivity index is 1.96. The summed E-state index contributed by atoms with van der Waals surface area (Å²) < 4.78 is 37.5. The summed E-state index contributed by atoms with van der Waals surface area (Å²) in [6.45, 7) is 1.21. The van der Waals surface area contributed by atoms with E-state index in [-0.39, 0.29) is 0 Å². The molecule has 0 aliphatic heterocycles. The maximum atomic E-state index is 12.5. The second kappa shape index (κ2) is 6.63. The Bertz CT molecular complexity index is 652. The molecular formula is C17H15F3N2. The molecule has 0 spiro atoms. The van der Waals surface area contributed by atoms with Crippen LogP contribution in [0.2, 0.25) is 0 Å². The van der Waals surface area contributed by atoms with E-state index in [1.54, 1.807) is 12.1 Å². The molecule has 0 aromatic heterocycles. The van der Waals surface area contributed by atoms with Gasteiger partial charge in [-0.2, -0.15) is 18.4 Å². The zero-order chi connectivity index (χ0) is 16.2. The number of hydrogen-bond acceptors (Lipinski definition) is 2. The maximum absolute atomic E-state index is 12.5. The molecule has 5 heteroatoms. The van der Waals surface area contributed by atoms with Crippen molar-refractivity contribution in [2.75, 3.05) is 7.05 Å². The van der Waals surface area contributed by atoms with Crippen LogP contribution in [-0.2, 0) is 19.3 Å². The van der Waals surface area contributed by atoms with Crippen molar-refractivity contribution >= 4 is 0 Å². The summed E-state index contributed by atoms with van der Waals surface area (Å²) in [6.07, 6.45) is -4.30. The standard InChI is InChI=1S/C17H15F3N2/c1-22(11-14-4-2-13(10-21)3-5-14)12-15-6-8-16(9-7-15)17(18,19)20/h2-9H,11-12H2,1H3. The van der Waals surface area contributed by atoms with Gasteiger partial charge in [0.05, 0.1) is 17.2 Å². The monoisotopic (exact) mass is 304 g/mol. The van der Waals surface area contributed by atoms with E-state index in [9.17, 15) is 13.2 Å². The van der Waals surface area contributed by atoms with E-state index in [1.165, 1.54) is 12.1 Å². The lowest BCUT2D eigenvalue weighted by Gasteiger charge is -2.17. The third kappa shape index (κ3) is 4.34. The fraction of sp³-hybridized carbons (Fsp3) is 0.235. The molecular weight excluding hydrogens is 289 g/mol. The lowest BCUT2D eigenvalue weighted by Crippen LogP contribution is -2.17. The van der Waals surface area contributed by atoms with Crippen LogP contribution < -0.4 is 0 Å². The molecule has 0 radical (unpaired) electrons. The van der Waals surface area contributed by atoms with Crippen LogP contribution in [0.3, 0.4) is 0 Å². The number of nitrogens with zero attached hydrogens (tertiary/aromatic N) is 2. The predicted molar refractivity (Wildman–Crippen MR) is 77.8 cm³/mol. The quantitative estimate of drug-likeness (QED) is 0.846. The molecule has 0 amide bonds. The molecule has 0 aliphatic rings. The van der Waals surface area contributed by atoms with E-state index < -0.39 is 11.7 Å². The van der Waals surface area contributed by atoms with Crippen LogP contribution in [-0.4, -0.2) is 11.9 Å². The Hall–Kier alpha value is -2.32. The Kier molecular flexibility index (Phi) is 4.84. The van der Waals surface area contributed by atoms with Crippen molar-refractivity contribution in [2.45, 2.75) is 19.3 Å². The molecule has 2 rings (SSSR count). The highest BCUT2D eigenvalue weighted by molar-refractivity contribution is 5.31. The predicted octanol–water partition coefficient (Wildman–Crippen LogP) is 4.21. The summed E-state index contributed by atoms with van der Waals surface area (Å²) in [5.74, 6) is 0. The van der Waals surface area contributed by atoms with Gasteiger partial charge in [0.25, 0.3) is 0 Å². The fourth-order valence-corrected chi connectivity index (χ4v) is 2.16. The molecule has 0 atom stereocenters. The van der Waals surface area contributed by atoms with Crippen molar-refractivity contribution in [2.24, 2.45) is 0 Å². The van der Waals surface area contributed by atoms with Gasteiger partial charge in [-0.1, -0.05) is 24.3 Å². The molecule has 0 aliphatic carbocycles. The highest BCUT2D eigenvalue weighted by Gasteiger charge is 2.29. The van der Waals surface area contributed by atoms with Crippen molar-refractivity contribution in [1.82, 2.24) is 4.90 Å². The Labute approximate surface area is 127 Å². The Morgan fingerprint density at radius 2 is 1.36 bits per heavy atom. The molecule has 0 bridgehead atoms. The molecule has 0 saturated heterocycles. The zero-order valence-corrected chi connectivity index (χ0v) is 12.1. The third-order valence-electron chi connectivity index (χ3n) is 3.27. The summed E-state index contributed by atoms with van der Waals surface area (Å²) >= 11 is 0. The van der Waals surface area contributed by atoms with Crippen LogP contribution in [0.1, 0.15) is 22.3 Å². The van der Waals surface area contributed by atoms with E-state index in [2.05, 4.69) is 6.07 Å². The number of halogens is 3. The smallest absolute Gasteiger partial charge is 0.298 e. The van der Waals surface area contributed by atoms with Crippen molar-refractivity contribution in [3.63, 3.8) is 0 Å². The summed E-state index contributed by atoms with van der Waals surface area (Å²) in [4.78, 5) is 2.00. The SMILES string of the molecule is CN(Cc1ccc(C#N)cc1)Cc1ccc(C(F)(F)F)cc1. The van der Waals surface area contributed by atoms with Gasteiger partial charge < -0.3 is 0 Å². The van der Waals surface area contributed by atoms with Crippen molar-refractivity contribution in [3.8, 4) is 6.07 Å². The molecule has 0 N–H and O–H groups in total. The molecule has 2 nitrogen and oxygen atoms in total. The highest BCUT2D eigenvalue weighted by atomic mass is 19.4. The summed E-state index contributed by atoms with van der Waals surface area (Å²) in [5, 5.41) is 8.74. The number of alkyl halides is 3. The zero-order valence-electron chi connectivity index (χ0n) is 12.1. The molecule has 2 aromatic carbocycles. The van der Waals surface area contributed by atoms with Gasteiger partial charge in [-0.15, -0.1) is 0 Å². The lowest BCUT2D eigenvalue weighted by molar-refractivity contribution is -0.137. The molecule has 0 heterocycles. The first kappa shape index (κ1) is 16.1.